The Balaban J connectivity index is 2.57. The predicted molar refractivity (Wildman–Crippen MR) is 47.1 cm³/mol. The number of halogens is 2. The van der Waals surface area contributed by atoms with E-state index in [1.807, 2.05) is 6.01 Å². The maximum absolute atomic E-state index is 6.68. The zero-order chi connectivity index (χ0) is 8.27. The lowest BCUT2D eigenvalue weighted by molar-refractivity contribution is 0.457. The molecule has 0 aromatic heterocycles. The molecule has 3 unspecified atom stereocenters. The largest absolute Gasteiger partial charge is 0.242 e. The standard InChI is InChI=1S/C7H10Cl2N2/c8-5-2-1-3-6(7(5)9)11-4-10/h5-7,10H,1-3H2. The summed E-state index contributed by atoms with van der Waals surface area (Å²) in [6.45, 7) is 0. The molecule has 3 atom stereocenters. The summed E-state index contributed by atoms with van der Waals surface area (Å²) < 4.78 is 0. The molecule has 1 aliphatic carbocycles. The molecule has 0 saturated heterocycles. The average molecular weight is 193 g/mol. The van der Waals surface area contributed by atoms with Crippen molar-refractivity contribution in [3.8, 4) is 0 Å². The van der Waals surface area contributed by atoms with E-state index in [0.29, 0.717) is 0 Å². The van der Waals surface area contributed by atoms with Crippen molar-refractivity contribution in [1.82, 2.24) is 0 Å². The van der Waals surface area contributed by atoms with Gasteiger partial charge in [0.05, 0.1) is 22.8 Å². The first kappa shape index (κ1) is 9.05. The van der Waals surface area contributed by atoms with Gasteiger partial charge >= 0.3 is 0 Å². The van der Waals surface area contributed by atoms with Crippen molar-refractivity contribution in [2.24, 2.45) is 4.99 Å². The molecule has 1 rings (SSSR count). The van der Waals surface area contributed by atoms with Crippen LogP contribution in [0.2, 0.25) is 0 Å². The van der Waals surface area contributed by atoms with Crippen LogP contribution in [0.4, 0.5) is 0 Å². The van der Waals surface area contributed by atoms with Crippen molar-refractivity contribution in [3.05, 3.63) is 0 Å². The van der Waals surface area contributed by atoms with Crippen molar-refractivity contribution >= 4 is 29.2 Å². The van der Waals surface area contributed by atoms with Crippen molar-refractivity contribution in [2.45, 2.75) is 36.1 Å². The highest BCUT2D eigenvalue weighted by atomic mass is 35.5. The fourth-order valence-corrected chi connectivity index (χ4v) is 1.93. The molecule has 62 valence electrons. The van der Waals surface area contributed by atoms with E-state index in [9.17, 15) is 0 Å². The van der Waals surface area contributed by atoms with E-state index in [0.717, 1.165) is 19.3 Å². The smallest absolute Gasteiger partial charge is 0.0865 e. The van der Waals surface area contributed by atoms with Crippen LogP contribution in [0.1, 0.15) is 19.3 Å². The first-order valence-corrected chi connectivity index (χ1v) is 4.52. The number of nitrogens with zero attached hydrogens (tertiary/aromatic N) is 1. The molecule has 0 bridgehead atoms. The van der Waals surface area contributed by atoms with Crippen LogP contribution in [0.25, 0.3) is 0 Å². The topological polar surface area (TPSA) is 36.2 Å². The lowest BCUT2D eigenvalue weighted by atomic mass is 9.95. The molecular weight excluding hydrogens is 183 g/mol. The molecule has 11 heavy (non-hydrogen) atoms. The van der Waals surface area contributed by atoms with Crippen LogP contribution in [0.3, 0.4) is 0 Å². The molecule has 0 aliphatic heterocycles. The molecule has 0 heterocycles. The van der Waals surface area contributed by atoms with Gasteiger partial charge in [-0.15, -0.1) is 23.2 Å². The first-order valence-electron chi connectivity index (χ1n) is 3.65. The van der Waals surface area contributed by atoms with E-state index >= 15 is 0 Å². The maximum Gasteiger partial charge on any atom is 0.0865 e. The number of rotatable bonds is 1. The van der Waals surface area contributed by atoms with Crippen LogP contribution in [-0.2, 0) is 0 Å². The van der Waals surface area contributed by atoms with Crippen LogP contribution in [0, 0.1) is 5.41 Å². The fraction of sp³-hybridized carbons (Fsp3) is 0.857. The average Bonchev–Trinajstić information content (AvgIpc) is 1.99. The van der Waals surface area contributed by atoms with Gasteiger partial charge in [-0.3, -0.25) is 0 Å². The van der Waals surface area contributed by atoms with Crippen LogP contribution in [0.15, 0.2) is 4.99 Å². The van der Waals surface area contributed by atoms with E-state index in [1.165, 1.54) is 0 Å². The zero-order valence-electron chi connectivity index (χ0n) is 6.06. The minimum Gasteiger partial charge on any atom is -0.242 e. The number of alkyl halides is 2. The first-order chi connectivity index (χ1) is 5.25. The molecule has 4 heteroatoms. The molecule has 0 spiro atoms. The second-order valence-electron chi connectivity index (χ2n) is 2.70. The Morgan fingerprint density at radius 3 is 2.73 bits per heavy atom. The minimum absolute atomic E-state index is 0.00502. The summed E-state index contributed by atoms with van der Waals surface area (Å²) in [5, 5.41) is 6.56. The second kappa shape index (κ2) is 4.10. The Kier molecular flexibility index (Phi) is 3.38. The zero-order valence-corrected chi connectivity index (χ0v) is 7.57. The van der Waals surface area contributed by atoms with E-state index in [4.69, 9.17) is 28.6 Å². The quantitative estimate of drug-likeness (QED) is 0.490. The second-order valence-corrected chi connectivity index (χ2v) is 3.76. The Hall–Kier alpha value is -0.0400. The van der Waals surface area contributed by atoms with Gasteiger partial charge in [0.1, 0.15) is 0 Å². The van der Waals surface area contributed by atoms with E-state index in [-0.39, 0.29) is 16.8 Å². The summed E-state index contributed by atoms with van der Waals surface area (Å²) in [6, 6.07) is 2.03. The van der Waals surface area contributed by atoms with Crippen molar-refractivity contribution in [3.63, 3.8) is 0 Å². The van der Waals surface area contributed by atoms with Crippen molar-refractivity contribution in [2.75, 3.05) is 0 Å². The SMILES string of the molecule is N=C=NC1CCCC(Cl)C1Cl. The van der Waals surface area contributed by atoms with E-state index < -0.39 is 0 Å². The highest BCUT2D eigenvalue weighted by Gasteiger charge is 2.29. The molecule has 2 nitrogen and oxygen atoms in total. The number of hydrogen-bond donors (Lipinski definition) is 1. The van der Waals surface area contributed by atoms with Gasteiger partial charge < -0.3 is 0 Å². The molecule has 0 radical (unpaired) electrons. The lowest BCUT2D eigenvalue weighted by Gasteiger charge is -2.26. The van der Waals surface area contributed by atoms with Gasteiger partial charge in [-0.1, -0.05) is 0 Å². The van der Waals surface area contributed by atoms with Gasteiger partial charge in [0.15, 0.2) is 0 Å². The third-order valence-corrected chi connectivity index (χ3v) is 3.14. The molecule has 1 aliphatic rings. The molecule has 1 N–H and O–H groups in total. The highest BCUT2D eigenvalue weighted by molar-refractivity contribution is 6.30. The Morgan fingerprint density at radius 2 is 2.09 bits per heavy atom. The van der Waals surface area contributed by atoms with E-state index in [1.54, 1.807) is 0 Å². The van der Waals surface area contributed by atoms with Gasteiger partial charge in [-0.05, 0) is 19.3 Å². The monoisotopic (exact) mass is 192 g/mol. The Labute approximate surface area is 76.1 Å². The van der Waals surface area contributed by atoms with Gasteiger partial charge in [-0.25, -0.2) is 10.4 Å². The number of nitrogens with one attached hydrogen (secondary N) is 1. The third-order valence-electron chi connectivity index (χ3n) is 1.92. The van der Waals surface area contributed by atoms with Gasteiger partial charge in [0.25, 0.3) is 0 Å². The molecule has 0 amide bonds. The van der Waals surface area contributed by atoms with Crippen molar-refractivity contribution < 1.29 is 0 Å². The number of hydrogen-bond acceptors (Lipinski definition) is 2. The third kappa shape index (κ3) is 2.19. The summed E-state index contributed by atoms with van der Waals surface area (Å²) in [4.78, 5) is 3.82. The Bertz CT molecular complexity index is 177. The van der Waals surface area contributed by atoms with Crippen LogP contribution < -0.4 is 0 Å². The van der Waals surface area contributed by atoms with Crippen LogP contribution >= 0.6 is 23.2 Å². The van der Waals surface area contributed by atoms with Gasteiger partial charge in [-0.2, -0.15) is 0 Å². The number of aliphatic imine (C=N–C) groups is 1. The molecule has 0 aromatic carbocycles. The molecular formula is C7H10Cl2N2. The summed E-state index contributed by atoms with van der Waals surface area (Å²) in [6.07, 6.45) is 2.94. The minimum atomic E-state index is -0.122. The molecule has 1 saturated carbocycles. The summed E-state index contributed by atoms with van der Waals surface area (Å²) in [5.74, 6) is 0. The summed E-state index contributed by atoms with van der Waals surface area (Å²) in [5.41, 5.74) is 0. The lowest BCUT2D eigenvalue weighted by Crippen LogP contribution is -2.32. The van der Waals surface area contributed by atoms with Gasteiger partial charge in [0, 0.05) is 0 Å². The normalized spacial score (nSPS) is 37.8. The summed E-state index contributed by atoms with van der Waals surface area (Å²) >= 11 is 11.9. The molecule has 1 fully saturated rings. The Morgan fingerprint density at radius 1 is 1.36 bits per heavy atom. The van der Waals surface area contributed by atoms with Gasteiger partial charge in [0.2, 0.25) is 0 Å². The fourth-order valence-electron chi connectivity index (χ4n) is 1.30. The predicted octanol–water partition coefficient (Wildman–Crippen LogP) is 2.51. The maximum atomic E-state index is 6.68. The van der Waals surface area contributed by atoms with Crippen molar-refractivity contribution in [1.29, 1.82) is 5.41 Å². The van der Waals surface area contributed by atoms with E-state index in [2.05, 4.69) is 4.99 Å². The van der Waals surface area contributed by atoms with Crippen LogP contribution in [0.5, 0.6) is 0 Å². The van der Waals surface area contributed by atoms with Crippen LogP contribution in [-0.4, -0.2) is 22.8 Å². The summed E-state index contributed by atoms with van der Waals surface area (Å²) in [7, 11) is 0. The molecule has 0 aromatic rings. The highest BCUT2D eigenvalue weighted by Crippen LogP contribution is 2.29.